The van der Waals surface area contributed by atoms with E-state index in [4.69, 9.17) is 9.47 Å². The van der Waals surface area contributed by atoms with Crippen LogP contribution in [0.15, 0.2) is 24.3 Å². The van der Waals surface area contributed by atoms with Gasteiger partial charge in [0.05, 0.1) is 6.61 Å². The van der Waals surface area contributed by atoms with E-state index in [0.29, 0.717) is 5.19 Å². The molecule has 0 saturated carbocycles. The van der Waals surface area contributed by atoms with Crippen LogP contribution < -0.4 is 14.8 Å². The number of aromatic nitrogens is 2. The average molecular weight is 307 g/mol. The fourth-order valence-corrected chi connectivity index (χ4v) is 2.32. The third kappa shape index (κ3) is 5.32. The average Bonchev–Trinajstić information content (AvgIpc) is 2.94. The number of nitrogens with zero attached hydrogens (tertiary/aromatic N) is 2. The summed E-state index contributed by atoms with van der Waals surface area (Å²) in [5, 5.41) is 12.9. The molecule has 2 rings (SSSR count). The van der Waals surface area contributed by atoms with Crippen LogP contribution in [0.3, 0.4) is 0 Å². The zero-order valence-electron chi connectivity index (χ0n) is 12.5. The highest BCUT2D eigenvalue weighted by molar-refractivity contribution is 7.13. The van der Waals surface area contributed by atoms with Gasteiger partial charge in [0.2, 0.25) is 0 Å². The molecule has 0 radical (unpaired) electrons. The summed E-state index contributed by atoms with van der Waals surface area (Å²) in [6, 6.07) is 7.55. The van der Waals surface area contributed by atoms with Gasteiger partial charge in [0.1, 0.15) is 16.5 Å². The lowest BCUT2D eigenvalue weighted by molar-refractivity contribution is 0.317. The van der Waals surface area contributed by atoms with Gasteiger partial charge in [0, 0.05) is 6.54 Å². The molecule has 0 saturated heterocycles. The van der Waals surface area contributed by atoms with E-state index in [9.17, 15) is 0 Å². The molecule has 5 nitrogen and oxygen atoms in total. The van der Waals surface area contributed by atoms with Crippen molar-refractivity contribution in [2.75, 3.05) is 13.2 Å². The molecule has 0 aliphatic carbocycles. The first-order valence-corrected chi connectivity index (χ1v) is 8.07. The first-order valence-electron chi connectivity index (χ1n) is 7.25. The lowest BCUT2D eigenvalue weighted by Gasteiger charge is -2.05. The maximum Gasteiger partial charge on any atom is 0.299 e. The second-order valence-corrected chi connectivity index (χ2v) is 5.59. The fourth-order valence-electron chi connectivity index (χ4n) is 1.65. The molecule has 0 unspecified atom stereocenters. The van der Waals surface area contributed by atoms with Crippen LogP contribution in [0.5, 0.6) is 16.7 Å². The van der Waals surface area contributed by atoms with Gasteiger partial charge in [0.15, 0.2) is 0 Å². The lowest BCUT2D eigenvalue weighted by atomic mass is 10.3. The van der Waals surface area contributed by atoms with Gasteiger partial charge in [0.25, 0.3) is 5.19 Å². The molecule has 0 amide bonds. The third-order valence-corrected chi connectivity index (χ3v) is 3.45. The highest BCUT2D eigenvalue weighted by Crippen LogP contribution is 2.26. The van der Waals surface area contributed by atoms with Gasteiger partial charge in [-0.2, -0.15) is 0 Å². The third-order valence-electron chi connectivity index (χ3n) is 2.65. The summed E-state index contributed by atoms with van der Waals surface area (Å²) in [5.41, 5.74) is 0. The minimum absolute atomic E-state index is 0.561. The van der Waals surface area contributed by atoms with E-state index in [-0.39, 0.29) is 0 Å². The van der Waals surface area contributed by atoms with Gasteiger partial charge in [-0.15, -0.1) is 5.10 Å². The van der Waals surface area contributed by atoms with Gasteiger partial charge in [-0.25, -0.2) is 0 Å². The summed E-state index contributed by atoms with van der Waals surface area (Å²) in [6.07, 6.45) is 2.10. The molecule has 0 spiro atoms. The smallest absolute Gasteiger partial charge is 0.299 e. The van der Waals surface area contributed by atoms with Gasteiger partial charge in [-0.1, -0.05) is 30.3 Å². The first-order chi connectivity index (χ1) is 10.3. The molecule has 6 heteroatoms. The predicted molar refractivity (Wildman–Crippen MR) is 84.2 cm³/mol. The molecule has 1 aromatic heterocycles. The first kappa shape index (κ1) is 15.7. The Kier molecular flexibility index (Phi) is 6.43. The minimum Gasteiger partial charge on any atom is -0.494 e. The second kappa shape index (κ2) is 8.59. The molecule has 2 aromatic rings. The molecular formula is C15H21N3O2S. The van der Waals surface area contributed by atoms with Crippen LogP contribution in [0, 0.1) is 0 Å². The zero-order valence-corrected chi connectivity index (χ0v) is 13.3. The van der Waals surface area contributed by atoms with Crippen molar-refractivity contribution in [3.05, 3.63) is 29.3 Å². The van der Waals surface area contributed by atoms with E-state index < -0.39 is 0 Å². The minimum atomic E-state index is 0.561. The molecular weight excluding hydrogens is 286 g/mol. The normalized spacial score (nSPS) is 10.6. The summed E-state index contributed by atoms with van der Waals surface area (Å²) in [6.45, 7) is 6.66. The Bertz CT molecular complexity index is 528. The van der Waals surface area contributed by atoms with Crippen LogP contribution in [0.2, 0.25) is 0 Å². The number of benzene rings is 1. The molecule has 21 heavy (non-hydrogen) atoms. The zero-order chi connectivity index (χ0) is 14.9. The standard InChI is InChI=1S/C15H21N3O2S/c1-3-9-16-11-14-17-18-15(21-14)20-13-7-5-12(6-8-13)19-10-4-2/h5-8,16H,3-4,9-11H2,1-2H3. The van der Waals surface area contributed by atoms with E-state index in [0.717, 1.165) is 49.0 Å². The van der Waals surface area contributed by atoms with Crippen molar-refractivity contribution in [2.24, 2.45) is 0 Å². The second-order valence-electron chi connectivity index (χ2n) is 4.56. The molecule has 0 bridgehead atoms. The number of hydrogen-bond acceptors (Lipinski definition) is 6. The SMILES string of the molecule is CCCNCc1nnc(Oc2ccc(OCCC)cc2)s1. The highest BCUT2D eigenvalue weighted by Gasteiger charge is 2.06. The molecule has 114 valence electrons. The van der Waals surface area contributed by atoms with Crippen LogP contribution in [0.4, 0.5) is 0 Å². The number of rotatable bonds is 9. The topological polar surface area (TPSA) is 56.3 Å². The summed E-state index contributed by atoms with van der Waals surface area (Å²) in [7, 11) is 0. The Morgan fingerprint density at radius 3 is 2.52 bits per heavy atom. The van der Waals surface area contributed by atoms with Crippen LogP contribution in [0.1, 0.15) is 31.7 Å². The van der Waals surface area contributed by atoms with E-state index in [2.05, 4.69) is 29.4 Å². The Hall–Kier alpha value is -1.66. The van der Waals surface area contributed by atoms with Crippen molar-refractivity contribution in [1.29, 1.82) is 0 Å². The number of ether oxygens (including phenoxy) is 2. The van der Waals surface area contributed by atoms with Gasteiger partial charge < -0.3 is 14.8 Å². The van der Waals surface area contributed by atoms with Crippen LogP contribution in [-0.2, 0) is 6.54 Å². The van der Waals surface area contributed by atoms with E-state index in [1.54, 1.807) is 0 Å². The van der Waals surface area contributed by atoms with Crippen LogP contribution >= 0.6 is 11.3 Å². The summed E-state index contributed by atoms with van der Waals surface area (Å²) >= 11 is 1.46. The largest absolute Gasteiger partial charge is 0.494 e. The molecule has 1 aromatic carbocycles. The Balaban J connectivity index is 1.86. The molecule has 0 aliphatic heterocycles. The quantitative estimate of drug-likeness (QED) is 0.717. The van der Waals surface area contributed by atoms with Gasteiger partial charge in [-0.3, -0.25) is 0 Å². The fraction of sp³-hybridized carbons (Fsp3) is 0.467. The van der Waals surface area contributed by atoms with Crippen molar-refractivity contribution in [3.8, 4) is 16.7 Å². The van der Waals surface area contributed by atoms with Crippen molar-refractivity contribution in [3.63, 3.8) is 0 Å². The Morgan fingerprint density at radius 2 is 1.81 bits per heavy atom. The number of nitrogens with one attached hydrogen (secondary N) is 1. The van der Waals surface area contributed by atoms with E-state index in [1.807, 2.05) is 24.3 Å². The molecule has 0 aliphatic rings. The summed E-state index contributed by atoms with van der Waals surface area (Å²) in [4.78, 5) is 0. The van der Waals surface area contributed by atoms with Crippen molar-refractivity contribution >= 4 is 11.3 Å². The highest BCUT2D eigenvalue weighted by atomic mass is 32.1. The number of hydrogen-bond donors (Lipinski definition) is 1. The van der Waals surface area contributed by atoms with E-state index in [1.165, 1.54) is 11.3 Å². The Labute approximate surface area is 129 Å². The molecule has 0 fully saturated rings. The van der Waals surface area contributed by atoms with Crippen LogP contribution in [0.25, 0.3) is 0 Å². The monoisotopic (exact) mass is 307 g/mol. The van der Waals surface area contributed by atoms with E-state index >= 15 is 0 Å². The lowest BCUT2D eigenvalue weighted by Crippen LogP contribution is -2.13. The van der Waals surface area contributed by atoms with Crippen molar-refractivity contribution < 1.29 is 9.47 Å². The Morgan fingerprint density at radius 1 is 1.05 bits per heavy atom. The van der Waals surface area contributed by atoms with Crippen molar-refractivity contribution in [2.45, 2.75) is 33.2 Å². The molecule has 1 heterocycles. The molecule has 0 atom stereocenters. The molecule has 1 N–H and O–H groups in total. The summed E-state index contributed by atoms with van der Waals surface area (Å²) < 4.78 is 11.2. The maximum absolute atomic E-state index is 5.69. The van der Waals surface area contributed by atoms with Crippen molar-refractivity contribution in [1.82, 2.24) is 15.5 Å². The maximum atomic E-state index is 5.69. The predicted octanol–water partition coefficient (Wildman–Crippen LogP) is 3.62. The van der Waals surface area contributed by atoms with Crippen LogP contribution in [-0.4, -0.2) is 23.3 Å². The summed E-state index contributed by atoms with van der Waals surface area (Å²) in [5.74, 6) is 1.59. The van der Waals surface area contributed by atoms with Gasteiger partial charge in [-0.05, 0) is 43.7 Å². The van der Waals surface area contributed by atoms with Gasteiger partial charge >= 0.3 is 0 Å².